The summed E-state index contributed by atoms with van der Waals surface area (Å²) in [6.07, 6.45) is 2.36. The third-order valence-electron chi connectivity index (χ3n) is 7.13. The van der Waals surface area contributed by atoms with Crippen molar-refractivity contribution in [1.29, 1.82) is 0 Å². The number of pyridine rings is 1. The average molecular weight is 505 g/mol. The topological polar surface area (TPSA) is 71.9 Å². The van der Waals surface area contributed by atoms with Gasteiger partial charge in [0.2, 0.25) is 0 Å². The number of hydrogen-bond donors (Lipinski definition) is 1. The van der Waals surface area contributed by atoms with Gasteiger partial charge in [0.25, 0.3) is 0 Å². The fourth-order valence-corrected chi connectivity index (χ4v) is 5.15. The van der Waals surface area contributed by atoms with Crippen molar-refractivity contribution < 1.29 is 23.8 Å². The maximum atomic E-state index is 15.5. The van der Waals surface area contributed by atoms with Crippen molar-refractivity contribution in [2.24, 2.45) is 11.8 Å². The molecule has 1 fully saturated rings. The number of piperidine rings is 1. The van der Waals surface area contributed by atoms with Crippen LogP contribution in [0.4, 0.5) is 4.39 Å². The molecule has 1 N–H and O–H groups in total. The van der Waals surface area contributed by atoms with E-state index in [0.29, 0.717) is 37.2 Å². The van der Waals surface area contributed by atoms with E-state index in [1.165, 1.54) is 0 Å². The predicted molar refractivity (Wildman–Crippen MR) is 142 cm³/mol. The summed E-state index contributed by atoms with van der Waals surface area (Å²) in [5.74, 6) is 7.10. The Morgan fingerprint density at radius 2 is 1.97 bits per heavy atom. The van der Waals surface area contributed by atoms with Gasteiger partial charge in [0.15, 0.2) is 0 Å². The number of aromatic nitrogens is 1. The number of benzene rings is 2. The minimum Gasteiger partial charge on any atom is -0.497 e. The van der Waals surface area contributed by atoms with Crippen LogP contribution < -0.4 is 9.47 Å². The molecule has 0 spiro atoms. The largest absolute Gasteiger partial charge is 0.497 e. The van der Waals surface area contributed by atoms with Crippen LogP contribution in [0, 0.1) is 23.7 Å². The molecule has 7 heteroatoms. The van der Waals surface area contributed by atoms with Gasteiger partial charge in [-0.05, 0) is 85.7 Å². The number of carbonyl (C=O) groups is 1. The minimum atomic E-state index is -1.16. The monoisotopic (exact) mass is 504 g/mol. The first-order valence-electron chi connectivity index (χ1n) is 12.6. The number of carboxylic acids is 1. The highest BCUT2D eigenvalue weighted by molar-refractivity contribution is 5.83. The van der Waals surface area contributed by atoms with E-state index in [0.717, 1.165) is 35.2 Å². The zero-order valence-electron chi connectivity index (χ0n) is 21.3. The van der Waals surface area contributed by atoms with Crippen molar-refractivity contribution in [2.75, 3.05) is 33.9 Å². The summed E-state index contributed by atoms with van der Waals surface area (Å²) in [4.78, 5) is 18.1. The zero-order chi connectivity index (χ0) is 26.2. The Labute approximate surface area is 217 Å². The quantitative estimate of drug-likeness (QED) is 0.388. The lowest BCUT2D eigenvalue weighted by Gasteiger charge is -2.37. The molecule has 1 aliphatic heterocycles. The molecular formula is C30H33FN2O4. The van der Waals surface area contributed by atoms with Gasteiger partial charge in [0.1, 0.15) is 17.7 Å². The van der Waals surface area contributed by atoms with Gasteiger partial charge in [-0.15, -0.1) is 0 Å². The summed E-state index contributed by atoms with van der Waals surface area (Å²) >= 11 is 0. The number of fused-ring (bicyclic) bond motifs is 1. The van der Waals surface area contributed by atoms with Crippen LogP contribution in [-0.4, -0.2) is 54.8 Å². The molecule has 194 valence electrons. The second-order valence-corrected chi connectivity index (χ2v) is 9.50. The van der Waals surface area contributed by atoms with Crippen LogP contribution >= 0.6 is 0 Å². The third-order valence-corrected chi connectivity index (χ3v) is 7.13. The normalized spacial score (nSPS) is 18.6. The first-order valence-corrected chi connectivity index (χ1v) is 12.6. The van der Waals surface area contributed by atoms with Crippen LogP contribution in [0.5, 0.6) is 11.5 Å². The molecule has 6 nitrogen and oxygen atoms in total. The highest BCUT2D eigenvalue weighted by Crippen LogP contribution is 2.36. The molecule has 37 heavy (non-hydrogen) atoms. The SMILES string of the molecule is COc1cccc(C#CCN2CC[C@@H](CC[C@H](F)c3ccnc4ccc(OC)cc34)[C@@H](CC(=O)O)C2)c1. The van der Waals surface area contributed by atoms with Crippen molar-refractivity contribution in [3.05, 3.63) is 65.9 Å². The van der Waals surface area contributed by atoms with Gasteiger partial charge in [0.05, 0.1) is 26.3 Å². The van der Waals surface area contributed by atoms with E-state index in [4.69, 9.17) is 9.47 Å². The van der Waals surface area contributed by atoms with E-state index in [1.807, 2.05) is 42.5 Å². The van der Waals surface area contributed by atoms with Gasteiger partial charge in [0, 0.05) is 30.1 Å². The second kappa shape index (κ2) is 12.6. The second-order valence-electron chi connectivity index (χ2n) is 9.50. The first-order chi connectivity index (χ1) is 18.0. The van der Waals surface area contributed by atoms with Crippen molar-refractivity contribution >= 4 is 16.9 Å². The molecule has 0 radical (unpaired) electrons. The molecule has 3 aromatic rings. The lowest BCUT2D eigenvalue weighted by Crippen LogP contribution is -2.41. The molecular weight excluding hydrogens is 471 g/mol. The summed E-state index contributed by atoms with van der Waals surface area (Å²) in [7, 11) is 3.21. The Morgan fingerprint density at radius 3 is 2.76 bits per heavy atom. The van der Waals surface area contributed by atoms with E-state index in [2.05, 4.69) is 21.7 Å². The van der Waals surface area contributed by atoms with Crippen LogP contribution in [0.15, 0.2) is 54.7 Å². The first kappa shape index (κ1) is 26.4. The molecule has 2 aromatic carbocycles. The number of likely N-dealkylation sites (tertiary alicyclic amines) is 1. The van der Waals surface area contributed by atoms with E-state index in [1.54, 1.807) is 26.5 Å². The number of carboxylic acid groups (broad SMARTS) is 1. The molecule has 2 heterocycles. The number of nitrogens with zero attached hydrogens (tertiary/aromatic N) is 2. The maximum Gasteiger partial charge on any atom is 0.303 e. The lowest BCUT2D eigenvalue weighted by atomic mass is 9.79. The Hall–Kier alpha value is -3.63. The number of hydrogen-bond acceptors (Lipinski definition) is 5. The van der Waals surface area contributed by atoms with Crippen molar-refractivity contribution in [3.8, 4) is 23.3 Å². The molecule has 0 saturated carbocycles. The summed E-state index contributed by atoms with van der Waals surface area (Å²) in [5.41, 5.74) is 2.21. The molecule has 1 saturated heterocycles. The lowest BCUT2D eigenvalue weighted by molar-refractivity contribution is -0.139. The van der Waals surface area contributed by atoms with Crippen molar-refractivity contribution in [2.45, 2.75) is 31.9 Å². The number of alkyl halides is 1. The zero-order valence-corrected chi connectivity index (χ0v) is 21.3. The Balaban J connectivity index is 1.38. The van der Waals surface area contributed by atoms with Gasteiger partial charge < -0.3 is 14.6 Å². The molecule has 1 aromatic heterocycles. The van der Waals surface area contributed by atoms with Crippen LogP contribution in [0.3, 0.4) is 0 Å². The number of ether oxygens (including phenoxy) is 2. The van der Waals surface area contributed by atoms with E-state index in [-0.39, 0.29) is 18.3 Å². The van der Waals surface area contributed by atoms with Crippen molar-refractivity contribution in [3.63, 3.8) is 0 Å². The van der Waals surface area contributed by atoms with Gasteiger partial charge in [-0.25, -0.2) is 4.39 Å². The van der Waals surface area contributed by atoms with Crippen molar-refractivity contribution in [1.82, 2.24) is 9.88 Å². The minimum absolute atomic E-state index is 0.0358. The van der Waals surface area contributed by atoms with Gasteiger partial charge in [-0.3, -0.25) is 14.7 Å². The molecule has 4 rings (SSSR count). The highest BCUT2D eigenvalue weighted by atomic mass is 19.1. The van der Waals surface area contributed by atoms with Crippen LogP contribution in [-0.2, 0) is 4.79 Å². The molecule has 0 bridgehead atoms. The van der Waals surface area contributed by atoms with Crippen LogP contribution in [0.2, 0.25) is 0 Å². The summed E-state index contributed by atoms with van der Waals surface area (Å²) in [5, 5.41) is 10.3. The molecule has 0 unspecified atom stereocenters. The smallest absolute Gasteiger partial charge is 0.303 e. The molecule has 0 aliphatic carbocycles. The fraction of sp³-hybridized carbons (Fsp3) is 0.400. The maximum absolute atomic E-state index is 15.5. The number of rotatable bonds is 9. The number of methoxy groups -OCH3 is 2. The Morgan fingerprint density at radius 1 is 1.16 bits per heavy atom. The fourth-order valence-electron chi connectivity index (χ4n) is 5.15. The standard InChI is InChI=1S/C30H33FN2O4/c1-36-24-7-3-5-21(17-24)6-4-15-33-16-13-22(23(20-33)18-30(34)35)8-10-28(31)26-12-14-32-29-11-9-25(37-2)19-27(26)29/h3,5,7,9,11-12,14,17,19,22-23,28H,8,10,13,15-16,18,20H2,1-2H3,(H,34,35)/t22-,23+,28+/m1/s1. The number of halogens is 1. The third kappa shape index (κ3) is 6.99. The van der Waals surface area contributed by atoms with Gasteiger partial charge in [-0.2, -0.15) is 0 Å². The molecule has 0 amide bonds. The highest BCUT2D eigenvalue weighted by Gasteiger charge is 2.31. The van der Waals surface area contributed by atoms with Crippen LogP contribution in [0.25, 0.3) is 10.9 Å². The van der Waals surface area contributed by atoms with Gasteiger partial charge >= 0.3 is 5.97 Å². The van der Waals surface area contributed by atoms with E-state index < -0.39 is 12.1 Å². The molecule has 1 aliphatic rings. The van der Waals surface area contributed by atoms with E-state index in [9.17, 15) is 9.90 Å². The summed E-state index contributed by atoms with van der Waals surface area (Å²) < 4.78 is 26.0. The summed E-state index contributed by atoms with van der Waals surface area (Å²) in [6, 6.07) is 14.8. The summed E-state index contributed by atoms with van der Waals surface area (Å²) in [6.45, 7) is 2.03. The predicted octanol–water partition coefficient (Wildman–Crippen LogP) is 5.51. The number of aliphatic carboxylic acids is 1. The average Bonchev–Trinajstić information content (AvgIpc) is 2.91. The Kier molecular flexibility index (Phi) is 8.97. The molecule has 3 atom stereocenters. The van der Waals surface area contributed by atoms with Crippen LogP contribution in [0.1, 0.15) is 43.0 Å². The Bertz CT molecular complexity index is 1290. The van der Waals surface area contributed by atoms with E-state index >= 15 is 4.39 Å². The van der Waals surface area contributed by atoms with Gasteiger partial charge in [-0.1, -0.05) is 17.9 Å².